The fourth-order valence-corrected chi connectivity index (χ4v) is 2.00. The van der Waals surface area contributed by atoms with E-state index in [4.69, 9.17) is 9.52 Å². The summed E-state index contributed by atoms with van der Waals surface area (Å²) >= 11 is 0. The van der Waals surface area contributed by atoms with Crippen LogP contribution in [0.5, 0.6) is 0 Å². The first-order chi connectivity index (χ1) is 12.8. The lowest BCUT2D eigenvalue weighted by Crippen LogP contribution is -2.34. The molecule has 0 saturated heterocycles. The minimum Gasteiger partial charge on any atom is -0.478 e. The largest absolute Gasteiger partial charge is 0.478 e. The van der Waals surface area contributed by atoms with E-state index in [1.807, 2.05) is 19.9 Å². The summed E-state index contributed by atoms with van der Waals surface area (Å²) in [5.74, 6) is -1.82. The molecule has 0 aliphatic heterocycles. The average molecular weight is 373 g/mol. The smallest absolute Gasteiger partial charge is 0.328 e. The molecule has 0 fully saturated rings. The monoisotopic (exact) mass is 373 g/mol. The molecule has 144 valence electrons. The minimum absolute atomic E-state index is 0.102. The molecule has 0 atom stereocenters. The first kappa shape index (κ1) is 21.8. The molecule has 2 N–H and O–H groups in total. The number of hydrogen-bond acceptors (Lipinski definition) is 5. The van der Waals surface area contributed by atoms with Crippen molar-refractivity contribution in [2.75, 3.05) is 0 Å². The predicted molar refractivity (Wildman–Crippen MR) is 101 cm³/mol. The number of rotatable bonds is 9. The van der Waals surface area contributed by atoms with Crippen molar-refractivity contribution in [1.29, 1.82) is 0 Å². The Bertz CT molecular complexity index is 814. The fourth-order valence-electron chi connectivity index (χ4n) is 2.00. The Morgan fingerprint density at radius 1 is 1.19 bits per heavy atom. The van der Waals surface area contributed by atoms with Crippen LogP contribution in [-0.4, -0.2) is 22.9 Å². The summed E-state index contributed by atoms with van der Waals surface area (Å²) in [4.78, 5) is 45.8. The number of hydrogen-bond donors (Lipinski definition) is 2. The summed E-state index contributed by atoms with van der Waals surface area (Å²) in [7, 11) is 0. The number of carboxylic acid groups (broad SMARTS) is 1. The Hall–Kier alpha value is -3.22. The molecule has 0 aliphatic carbocycles. The van der Waals surface area contributed by atoms with Gasteiger partial charge in [-0.25, -0.2) is 4.79 Å². The van der Waals surface area contributed by atoms with E-state index in [0.717, 1.165) is 12.3 Å². The van der Waals surface area contributed by atoms with Crippen LogP contribution in [0.15, 0.2) is 51.9 Å². The van der Waals surface area contributed by atoms with Gasteiger partial charge < -0.3 is 9.52 Å². The van der Waals surface area contributed by atoms with Crippen molar-refractivity contribution < 1.29 is 23.9 Å². The quantitative estimate of drug-likeness (QED) is 0.391. The van der Waals surface area contributed by atoms with Gasteiger partial charge in [-0.05, 0) is 24.8 Å². The van der Waals surface area contributed by atoms with E-state index in [0.29, 0.717) is 18.6 Å². The van der Waals surface area contributed by atoms with E-state index < -0.39 is 23.2 Å². The SMILES string of the molecule is CC(C)CC(=O)NC(=O)c1coc(/C=C/CC/C=C/C=C/C(=O)O)cc1=O. The highest BCUT2D eigenvalue weighted by atomic mass is 16.4. The number of allylic oxidation sites excluding steroid dienone is 4. The van der Waals surface area contributed by atoms with Gasteiger partial charge in [0.15, 0.2) is 5.43 Å². The Morgan fingerprint density at radius 3 is 2.52 bits per heavy atom. The maximum absolute atomic E-state index is 12.0. The molecule has 0 aliphatic rings. The molecule has 1 rings (SSSR count). The number of nitrogens with one attached hydrogen (secondary N) is 1. The molecule has 1 aromatic rings. The third-order valence-corrected chi connectivity index (χ3v) is 3.21. The van der Waals surface area contributed by atoms with Crippen LogP contribution in [0.1, 0.15) is 49.2 Å². The van der Waals surface area contributed by atoms with Crippen molar-refractivity contribution in [3.05, 3.63) is 64.3 Å². The van der Waals surface area contributed by atoms with Gasteiger partial charge in [-0.1, -0.05) is 38.2 Å². The highest BCUT2D eigenvalue weighted by Crippen LogP contribution is 2.05. The average Bonchev–Trinajstić information content (AvgIpc) is 2.56. The molecule has 7 nitrogen and oxygen atoms in total. The third kappa shape index (κ3) is 9.15. The van der Waals surface area contributed by atoms with Crippen molar-refractivity contribution in [3.63, 3.8) is 0 Å². The van der Waals surface area contributed by atoms with Crippen LogP contribution in [-0.2, 0) is 9.59 Å². The molecule has 0 spiro atoms. The minimum atomic E-state index is -1.00. The van der Waals surface area contributed by atoms with Crippen molar-refractivity contribution in [3.8, 4) is 0 Å². The van der Waals surface area contributed by atoms with Gasteiger partial charge in [0.2, 0.25) is 5.91 Å². The van der Waals surface area contributed by atoms with E-state index >= 15 is 0 Å². The molecule has 27 heavy (non-hydrogen) atoms. The number of carboxylic acids is 1. The summed E-state index contributed by atoms with van der Waals surface area (Å²) in [5.41, 5.74) is -0.758. The number of imide groups is 1. The van der Waals surface area contributed by atoms with Crippen LogP contribution in [0, 0.1) is 5.92 Å². The topological polar surface area (TPSA) is 114 Å². The van der Waals surface area contributed by atoms with E-state index in [1.165, 1.54) is 12.1 Å². The van der Waals surface area contributed by atoms with Crippen molar-refractivity contribution >= 4 is 23.9 Å². The Labute approximate surface area is 157 Å². The van der Waals surface area contributed by atoms with Crippen LogP contribution in [0.3, 0.4) is 0 Å². The van der Waals surface area contributed by atoms with Gasteiger partial charge in [0.05, 0.1) is 0 Å². The van der Waals surface area contributed by atoms with Crippen LogP contribution < -0.4 is 10.7 Å². The highest BCUT2D eigenvalue weighted by Gasteiger charge is 2.15. The van der Waals surface area contributed by atoms with Gasteiger partial charge in [0.25, 0.3) is 5.91 Å². The highest BCUT2D eigenvalue weighted by molar-refractivity contribution is 6.04. The molecule has 2 amide bonds. The zero-order valence-electron chi connectivity index (χ0n) is 15.3. The second-order valence-corrected chi connectivity index (χ2v) is 6.14. The summed E-state index contributed by atoms with van der Waals surface area (Å²) in [6.45, 7) is 3.70. The lowest BCUT2D eigenvalue weighted by molar-refractivity contribution is -0.131. The van der Waals surface area contributed by atoms with Crippen LogP contribution in [0.25, 0.3) is 6.08 Å². The van der Waals surface area contributed by atoms with E-state index in [9.17, 15) is 19.2 Å². The Balaban J connectivity index is 2.57. The zero-order valence-corrected chi connectivity index (χ0v) is 15.3. The second-order valence-electron chi connectivity index (χ2n) is 6.14. The van der Waals surface area contributed by atoms with Crippen LogP contribution >= 0.6 is 0 Å². The lowest BCUT2D eigenvalue weighted by Gasteiger charge is -2.05. The molecule has 1 aromatic heterocycles. The van der Waals surface area contributed by atoms with E-state index in [2.05, 4.69) is 5.32 Å². The number of aliphatic carboxylic acids is 1. The van der Waals surface area contributed by atoms with E-state index in [-0.39, 0.29) is 17.9 Å². The number of carbonyl (C=O) groups is 3. The fraction of sp³-hybridized carbons (Fsp3) is 0.300. The molecule has 0 saturated carbocycles. The Morgan fingerprint density at radius 2 is 1.89 bits per heavy atom. The Kier molecular flexibility index (Phi) is 9.22. The van der Waals surface area contributed by atoms with Gasteiger partial charge in [-0.2, -0.15) is 0 Å². The molecule has 0 aromatic carbocycles. The van der Waals surface area contributed by atoms with Gasteiger partial charge in [-0.15, -0.1) is 0 Å². The van der Waals surface area contributed by atoms with Crippen molar-refractivity contribution in [2.24, 2.45) is 5.92 Å². The van der Waals surface area contributed by atoms with Crippen molar-refractivity contribution in [1.82, 2.24) is 5.32 Å². The number of carbonyl (C=O) groups excluding carboxylic acids is 2. The van der Waals surface area contributed by atoms with Crippen LogP contribution in [0.2, 0.25) is 0 Å². The number of unbranched alkanes of at least 4 members (excludes halogenated alkanes) is 1. The van der Waals surface area contributed by atoms with Gasteiger partial charge in [0.1, 0.15) is 17.6 Å². The summed E-state index contributed by atoms with van der Waals surface area (Å²) in [6, 6.07) is 1.18. The van der Waals surface area contributed by atoms with Crippen LogP contribution in [0.4, 0.5) is 0 Å². The first-order valence-corrected chi connectivity index (χ1v) is 8.49. The van der Waals surface area contributed by atoms with Gasteiger partial charge in [0, 0.05) is 18.6 Å². The van der Waals surface area contributed by atoms with Crippen molar-refractivity contribution in [2.45, 2.75) is 33.1 Å². The molecule has 0 unspecified atom stereocenters. The number of amides is 2. The molecular weight excluding hydrogens is 350 g/mol. The van der Waals surface area contributed by atoms with E-state index in [1.54, 1.807) is 18.2 Å². The molecular formula is C20H23NO6. The maximum Gasteiger partial charge on any atom is 0.328 e. The summed E-state index contributed by atoms with van der Waals surface area (Å²) in [5, 5.41) is 10.6. The molecule has 1 heterocycles. The predicted octanol–water partition coefficient (Wildman–Crippen LogP) is 2.93. The third-order valence-electron chi connectivity index (χ3n) is 3.21. The summed E-state index contributed by atoms with van der Waals surface area (Å²) in [6.07, 6.45) is 11.9. The van der Waals surface area contributed by atoms with Gasteiger partial charge in [-0.3, -0.25) is 19.7 Å². The maximum atomic E-state index is 12.0. The summed E-state index contributed by atoms with van der Waals surface area (Å²) < 4.78 is 5.24. The standard InChI is InChI=1S/C20H23NO6/c1-14(2)11-18(23)21-20(26)16-13-27-15(12-17(16)22)9-7-5-3-4-6-8-10-19(24)25/h4,6-10,12-14H,3,5,11H2,1-2H3,(H,24,25)(H,21,23,26)/b6-4+,9-7+,10-8+. The molecule has 7 heteroatoms. The first-order valence-electron chi connectivity index (χ1n) is 8.49. The normalized spacial score (nSPS) is 11.7. The zero-order chi connectivity index (χ0) is 20.2. The second kappa shape index (κ2) is 11.4. The van der Waals surface area contributed by atoms with Gasteiger partial charge >= 0.3 is 5.97 Å². The molecule has 0 radical (unpaired) electrons. The molecule has 0 bridgehead atoms. The lowest BCUT2D eigenvalue weighted by atomic mass is 10.1.